The highest BCUT2D eigenvalue weighted by Gasteiger charge is 2.42. The molecule has 140 valence electrons. The number of sulfonamides is 1. The minimum absolute atomic E-state index is 0.0219. The van der Waals surface area contributed by atoms with Gasteiger partial charge >= 0.3 is 5.97 Å². The molecule has 2 heterocycles. The molecule has 0 aromatic carbocycles. The quantitative estimate of drug-likeness (QED) is 0.763. The van der Waals surface area contributed by atoms with E-state index in [2.05, 4.69) is 0 Å². The molecule has 1 aliphatic heterocycles. The van der Waals surface area contributed by atoms with Gasteiger partial charge in [-0.05, 0) is 31.9 Å². The highest BCUT2D eigenvalue weighted by molar-refractivity contribution is 7.89. The molecule has 1 saturated heterocycles. The van der Waals surface area contributed by atoms with Crippen molar-refractivity contribution in [1.82, 2.24) is 9.21 Å². The summed E-state index contributed by atoms with van der Waals surface area (Å²) in [5.41, 5.74) is 0. The van der Waals surface area contributed by atoms with Crippen molar-refractivity contribution in [3.8, 4) is 0 Å². The molecule has 1 aliphatic rings. The first kappa shape index (κ1) is 19.3. The van der Waals surface area contributed by atoms with Gasteiger partial charge in [-0.1, -0.05) is 0 Å². The van der Waals surface area contributed by atoms with Gasteiger partial charge in [-0.15, -0.1) is 0 Å². The molecule has 1 atom stereocenters. The topological polar surface area (TPSA) is 108 Å². The predicted octanol–water partition coefficient (Wildman–Crippen LogP) is 1.24. The molecule has 0 bridgehead atoms. The third-order valence-electron chi connectivity index (χ3n) is 3.90. The van der Waals surface area contributed by atoms with Crippen LogP contribution in [0.15, 0.2) is 21.6 Å². The van der Waals surface area contributed by atoms with E-state index in [1.165, 1.54) is 6.92 Å². The van der Waals surface area contributed by atoms with Crippen molar-refractivity contribution in [3.05, 3.63) is 17.9 Å². The number of carboxylic acid groups (broad SMARTS) is 1. The van der Waals surface area contributed by atoms with Gasteiger partial charge in [-0.2, -0.15) is 4.31 Å². The third kappa shape index (κ3) is 3.98. The van der Waals surface area contributed by atoms with Crippen molar-refractivity contribution >= 4 is 21.9 Å². The van der Waals surface area contributed by atoms with Crippen molar-refractivity contribution < 1.29 is 36.3 Å². The summed E-state index contributed by atoms with van der Waals surface area (Å²) in [7, 11) is -4.25. The number of aromatic carboxylic acids is 1. The second kappa shape index (κ2) is 7.48. The summed E-state index contributed by atoms with van der Waals surface area (Å²) < 4.78 is 56.2. The van der Waals surface area contributed by atoms with E-state index < -0.39 is 51.8 Å². The molecule has 0 radical (unpaired) electrons. The molecule has 1 amide bonds. The van der Waals surface area contributed by atoms with Crippen LogP contribution in [0, 0.1) is 0 Å². The number of carbonyl (C=O) groups excluding carboxylic acids is 1. The van der Waals surface area contributed by atoms with Crippen LogP contribution < -0.4 is 0 Å². The number of furan rings is 1. The van der Waals surface area contributed by atoms with E-state index in [9.17, 15) is 26.8 Å². The standard InChI is InChI=1S/C14H18F2N2O6S/c1-2-17(8-11(15)16)13(19)9-4-3-7-18(9)25(22,23)12-6-5-10(24-12)14(20)21/h5-6,9,11H,2-4,7-8H2,1H3,(H,20,21). The van der Waals surface area contributed by atoms with Gasteiger partial charge in [0.1, 0.15) is 6.04 Å². The van der Waals surface area contributed by atoms with Crippen LogP contribution in [0.1, 0.15) is 30.3 Å². The first-order valence-corrected chi connectivity index (χ1v) is 9.04. The maximum Gasteiger partial charge on any atom is 0.371 e. The van der Waals surface area contributed by atoms with Gasteiger partial charge in [0.2, 0.25) is 16.8 Å². The van der Waals surface area contributed by atoms with E-state index in [1.807, 2.05) is 0 Å². The van der Waals surface area contributed by atoms with Gasteiger partial charge in [0.05, 0.1) is 6.54 Å². The van der Waals surface area contributed by atoms with E-state index in [0.717, 1.165) is 21.3 Å². The molecule has 1 aromatic heterocycles. The van der Waals surface area contributed by atoms with Crippen molar-refractivity contribution in [2.24, 2.45) is 0 Å². The van der Waals surface area contributed by atoms with Crippen LogP contribution in [0.5, 0.6) is 0 Å². The average molecular weight is 380 g/mol. The normalized spacial score (nSPS) is 18.6. The summed E-state index contributed by atoms with van der Waals surface area (Å²) in [4.78, 5) is 24.2. The summed E-state index contributed by atoms with van der Waals surface area (Å²) in [6, 6.07) is 0.884. The molecule has 8 nitrogen and oxygen atoms in total. The zero-order valence-electron chi connectivity index (χ0n) is 13.4. The molecule has 0 saturated carbocycles. The molecular weight excluding hydrogens is 362 g/mol. The summed E-state index contributed by atoms with van der Waals surface area (Å²) >= 11 is 0. The second-order valence-electron chi connectivity index (χ2n) is 5.47. The number of carbonyl (C=O) groups is 2. The fourth-order valence-corrected chi connectivity index (χ4v) is 4.28. The Morgan fingerprint density at radius 2 is 2.12 bits per heavy atom. The van der Waals surface area contributed by atoms with Crippen LogP contribution in [0.4, 0.5) is 8.78 Å². The van der Waals surface area contributed by atoms with Crippen LogP contribution in [0.2, 0.25) is 0 Å². The van der Waals surface area contributed by atoms with Crippen molar-refractivity contribution in [2.45, 2.75) is 37.3 Å². The van der Waals surface area contributed by atoms with Gasteiger partial charge in [-0.3, -0.25) is 4.79 Å². The van der Waals surface area contributed by atoms with Crippen LogP contribution in [0.25, 0.3) is 0 Å². The lowest BCUT2D eigenvalue weighted by Crippen LogP contribution is -2.48. The lowest BCUT2D eigenvalue weighted by atomic mass is 10.2. The zero-order chi connectivity index (χ0) is 18.8. The Kier molecular flexibility index (Phi) is 5.78. The van der Waals surface area contributed by atoms with Crippen molar-refractivity contribution in [2.75, 3.05) is 19.6 Å². The number of amides is 1. The van der Waals surface area contributed by atoms with Crippen LogP contribution in [-0.2, 0) is 14.8 Å². The Hall–Kier alpha value is -2.01. The maximum atomic E-state index is 12.6. The van der Waals surface area contributed by atoms with Crippen molar-refractivity contribution in [3.63, 3.8) is 0 Å². The molecule has 0 spiro atoms. The average Bonchev–Trinajstić information content (AvgIpc) is 3.20. The number of hydrogen-bond donors (Lipinski definition) is 1. The number of hydrogen-bond acceptors (Lipinski definition) is 5. The predicted molar refractivity (Wildman–Crippen MR) is 80.8 cm³/mol. The number of nitrogens with zero attached hydrogens (tertiary/aromatic N) is 2. The van der Waals surface area contributed by atoms with Gasteiger partial charge < -0.3 is 14.4 Å². The monoisotopic (exact) mass is 380 g/mol. The molecule has 11 heteroatoms. The van der Waals surface area contributed by atoms with Crippen LogP contribution in [0.3, 0.4) is 0 Å². The fourth-order valence-electron chi connectivity index (χ4n) is 2.72. The molecule has 1 aromatic rings. The Balaban J connectivity index is 2.27. The van der Waals surface area contributed by atoms with Gasteiger partial charge in [0.25, 0.3) is 16.4 Å². The molecule has 1 fully saturated rings. The summed E-state index contributed by atoms with van der Waals surface area (Å²) in [5.74, 6) is -2.67. The highest BCUT2D eigenvalue weighted by atomic mass is 32.2. The third-order valence-corrected chi connectivity index (χ3v) is 5.68. The zero-order valence-corrected chi connectivity index (χ0v) is 14.2. The Bertz CT molecular complexity index is 748. The Morgan fingerprint density at radius 1 is 1.44 bits per heavy atom. The number of alkyl halides is 2. The first-order chi connectivity index (χ1) is 11.7. The van der Waals surface area contributed by atoms with Crippen LogP contribution in [-0.4, -0.2) is 66.7 Å². The van der Waals surface area contributed by atoms with Crippen LogP contribution >= 0.6 is 0 Å². The first-order valence-electron chi connectivity index (χ1n) is 7.60. The lowest BCUT2D eigenvalue weighted by Gasteiger charge is -2.28. The number of rotatable bonds is 7. The Morgan fingerprint density at radius 3 is 2.64 bits per heavy atom. The molecule has 1 unspecified atom stereocenters. The minimum atomic E-state index is -4.25. The van der Waals surface area contributed by atoms with E-state index in [-0.39, 0.29) is 19.5 Å². The maximum absolute atomic E-state index is 12.6. The second-order valence-corrected chi connectivity index (χ2v) is 7.29. The smallest absolute Gasteiger partial charge is 0.371 e. The number of halogens is 2. The molecule has 2 rings (SSSR count). The Labute approximate surface area is 143 Å². The fraction of sp³-hybridized carbons (Fsp3) is 0.571. The van der Waals surface area contributed by atoms with E-state index in [0.29, 0.717) is 6.42 Å². The number of carboxylic acids is 1. The summed E-state index contributed by atoms with van der Waals surface area (Å²) in [5, 5.41) is 8.23. The van der Waals surface area contributed by atoms with E-state index in [4.69, 9.17) is 9.52 Å². The summed E-state index contributed by atoms with van der Waals surface area (Å²) in [6.45, 7) is 0.801. The van der Waals surface area contributed by atoms with Gasteiger partial charge in [-0.25, -0.2) is 22.0 Å². The van der Waals surface area contributed by atoms with Gasteiger partial charge in [0.15, 0.2) is 0 Å². The lowest BCUT2D eigenvalue weighted by molar-refractivity contribution is -0.136. The largest absolute Gasteiger partial charge is 0.475 e. The minimum Gasteiger partial charge on any atom is -0.475 e. The molecule has 0 aliphatic carbocycles. The van der Waals surface area contributed by atoms with E-state index in [1.54, 1.807) is 0 Å². The molecule has 25 heavy (non-hydrogen) atoms. The van der Waals surface area contributed by atoms with Crippen molar-refractivity contribution in [1.29, 1.82) is 0 Å². The molecular formula is C14H18F2N2O6S. The molecule has 1 N–H and O–H groups in total. The summed E-state index contributed by atoms with van der Waals surface area (Å²) in [6.07, 6.45) is -2.14. The SMILES string of the molecule is CCN(CC(F)F)C(=O)C1CCCN1S(=O)(=O)c1ccc(C(=O)O)o1. The van der Waals surface area contributed by atoms with Gasteiger partial charge in [0, 0.05) is 13.1 Å². The number of likely N-dealkylation sites (N-methyl/N-ethyl adjacent to an activating group) is 1. The van der Waals surface area contributed by atoms with E-state index >= 15 is 0 Å². The highest BCUT2D eigenvalue weighted by Crippen LogP contribution is 2.28.